The van der Waals surface area contributed by atoms with Crippen molar-refractivity contribution >= 4 is 45.6 Å². The first-order chi connectivity index (χ1) is 18.0. The molecule has 4 aromatic rings. The average Bonchev–Trinajstić information content (AvgIpc) is 2.94. The third-order valence-corrected chi connectivity index (χ3v) is 6.70. The molecule has 1 aliphatic heterocycles. The number of fused-ring (bicyclic) bond motifs is 1. The van der Waals surface area contributed by atoms with Crippen molar-refractivity contribution in [2.75, 3.05) is 38.5 Å². The summed E-state index contributed by atoms with van der Waals surface area (Å²) in [5.74, 6) is 1.92. The number of ether oxygens (including phenoxy) is 3. The van der Waals surface area contributed by atoms with Crippen molar-refractivity contribution in [2.24, 2.45) is 0 Å². The number of hydrogen-bond acceptors (Lipinski definition) is 7. The zero-order valence-corrected chi connectivity index (χ0v) is 22.4. The lowest BCUT2D eigenvalue weighted by Crippen LogP contribution is -2.04. The minimum absolute atomic E-state index is 0.345. The molecule has 3 heterocycles. The number of pyridine rings is 2. The van der Waals surface area contributed by atoms with Crippen LogP contribution in [0.15, 0.2) is 54.7 Å². The van der Waals surface area contributed by atoms with Crippen LogP contribution >= 0.6 is 23.2 Å². The number of halogens is 2. The fourth-order valence-electron chi connectivity index (χ4n) is 4.00. The molecule has 1 aliphatic rings. The van der Waals surface area contributed by atoms with Crippen molar-refractivity contribution in [3.05, 3.63) is 70.3 Å². The number of nitrogens with zero attached hydrogens (tertiary/aromatic N) is 2. The van der Waals surface area contributed by atoms with Crippen LogP contribution in [-0.2, 0) is 11.3 Å². The van der Waals surface area contributed by atoms with Gasteiger partial charge in [-0.25, -0.2) is 9.97 Å². The van der Waals surface area contributed by atoms with E-state index in [1.807, 2.05) is 36.4 Å². The van der Waals surface area contributed by atoms with Gasteiger partial charge in [0, 0.05) is 48.4 Å². The molecule has 7 nitrogen and oxygen atoms in total. The van der Waals surface area contributed by atoms with Crippen LogP contribution in [0.4, 0.5) is 11.6 Å². The highest BCUT2D eigenvalue weighted by Gasteiger charge is 2.21. The third-order valence-electron chi connectivity index (χ3n) is 5.95. The number of nitrogens with one attached hydrogen (secondary N) is 1. The first kappa shape index (κ1) is 26.8. The Morgan fingerprint density at radius 1 is 0.946 bits per heavy atom. The molecule has 0 unspecified atom stereocenters. The van der Waals surface area contributed by atoms with Crippen molar-refractivity contribution in [1.29, 1.82) is 0 Å². The zero-order valence-electron chi connectivity index (χ0n) is 20.9. The van der Waals surface area contributed by atoms with Gasteiger partial charge in [-0.2, -0.15) is 0 Å². The summed E-state index contributed by atoms with van der Waals surface area (Å²) in [7, 11) is 3.07. The number of nitrogen functional groups attached to an aromatic ring is 1. The Labute approximate surface area is 226 Å². The van der Waals surface area contributed by atoms with Gasteiger partial charge in [-0.15, -0.1) is 0 Å². The van der Waals surface area contributed by atoms with Gasteiger partial charge in [0.25, 0.3) is 0 Å². The standard InChI is InChI=1S/C23H20Cl2N4O2.C5H10O/c1-30-17-10-18(31-2)22(25)20(21(17)24)16-8-14-12-27-19(26)9-15(14)23(29-16)28-11-13-6-4-3-5-7-13;1-2-4-6-5-3-1/h3-10,12H,11H2,1-2H3,(H2,26,27)(H,28,29);1-5H2. The van der Waals surface area contributed by atoms with Crippen molar-refractivity contribution in [3.8, 4) is 22.8 Å². The van der Waals surface area contributed by atoms with E-state index in [4.69, 9.17) is 48.1 Å². The number of nitrogens with two attached hydrogens (primary N) is 1. The molecular weight excluding hydrogens is 511 g/mol. The quantitative estimate of drug-likeness (QED) is 0.272. The fourth-order valence-corrected chi connectivity index (χ4v) is 4.70. The normalized spacial score (nSPS) is 13.0. The van der Waals surface area contributed by atoms with E-state index in [2.05, 4.69) is 10.3 Å². The second-order valence-electron chi connectivity index (χ2n) is 8.48. The second-order valence-corrected chi connectivity index (χ2v) is 9.24. The van der Waals surface area contributed by atoms with Gasteiger partial charge in [0.05, 0.1) is 30.0 Å². The van der Waals surface area contributed by atoms with E-state index in [9.17, 15) is 0 Å². The molecule has 2 aromatic carbocycles. The molecule has 0 atom stereocenters. The Bertz CT molecular complexity index is 1310. The summed E-state index contributed by atoms with van der Waals surface area (Å²) >= 11 is 13.2. The summed E-state index contributed by atoms with van der Waals surface area (Å²) in [5, 5.41) is 5.76. The molecule has 1 saturated heterocycles. The van der Waals surface area contributed by atoms with Crippen LogP contribution in [0.25, 0.3) is 22.0 Å². The average molecular weight is 541 g/mol. The summed E-state index contributed by atoms with van der Waals surface area (Å²) < 4.78 is 15.9. The van der Waals surface area contributed by atoms with E-state index in [1.54, 1.807) is 18.3 Å². The summed E-state index contributed by atoms with van der Waals surface area (Å²) in [6.45, 7) is 2.58. The highest BCUT2D eigenvalue weighted by atomic mass is 35.5. The summed E-state index contributed by atoms with van der Waals surface area (Å²) in [4.78, 5) is 9.05. The smallest absolute Gasteiger partial charge is 0.141 e. The lowest BCUT2D eigenvalue weighted by atomic mass is 10.1. The number of benzene rings is 2. The highest BCUT2D eigenvalue weighted by molar-refractivity contribution is 6.41. The van der Waals surface area contributed by atoms with E-state index >= 15 is 0 Å². The Balaban J connectivity index is 0.000000469. The molecule has 0 bridgehead atoms. The van der Waals surface area contributed by atoms with Gasteiger partial charge >= 0.3 is 0 Å². The summed E-state index contributed by atoms with van der Waals surface area (Å²) in [5.41, 5.74) is 8.12. The largest absolute Gasteiger partial charge is 0.495 e. The predicted octanol–water partition coefficient (Wildman–Crippen LogP) is 7.00. The van der Waals surface area contributed by atoms with Crippen molar-refractivity contribution in [3.63, 3.8) is 0 Å². The maximum Gasteiger partial charge on any atom is 0.141 e. The molecule has 9 heteroatoms. The van der Waals surface area contributed by atoms with E-state index < -0.39 is 0 Å². The maximum absolute atomic E-state index is 6.62. The van der Waals surface area contributed by atoms with Crippen molar-refractivity contribution in [2.45, 2.75) is 25.8 Å². The number of aromatic nitrogens is 2. The maximum atomic E-state index is 6.62. The monoisotopic (exact) mass is 540 g/mol. The van der Waals surface area contributed by atoms with E-state index in [-0.39, 0.29) is 0 Å². The van der Waals surface area contributed by atoms with Crippen LogP contribution in [0.3, 0.4) is 0 Å². The van der Waals surface area contributed by atoms with Gasteiger partial charge in [-0.1, -0.05) is 53.5 Å². The SMILES string of the molecule is C1CCOCC1.COc1cc(OC)c(Cl)c(-c2cc3cnc(N)cc3c(NCc3ccccc3)n2)c1Cl. The van der Waals surface area contributed by atoms with Crippen LogP contribution in [-0.4, -0.2) is 37.4 Å². The molecule has 0 spiro atoms. The number of rotatable bonds is 6. The van der Waals surface area contributed by atoms with Gasteiger partial charge < -0.3 is 25.3 Å². The fraction of sp³-hybridized carbons (Fsp3) is 0.286. The topological polar surface area (TPSA) is 91.5 Å². The highest BCUT2D eigenvalue weighted by Crippen LogP contribution is 2.46. The molecule has 0 aliphatic carbocycles. The van der Waals surface area contributed by atoms with Crippen LogP contribution in [0.5, 0.6) is 11.5 Å². The lowest BCUT2D eigenvalue weighted by Gasteiger charge is -2.16. The number of hydrogen-bond donors (Lipinski definition) is 2. The Morgan fingerprint density at radius 2 is 1.62 bits per heavy atom. The Kier molecular flexibility index (Phi) is 9.28. The Hall–Kier alpha value is -3.26. The number of anilines is 2. The molecular formula is C28H30Cl2N4O3. The van der Waals surface area contributed by atoms with Crippen molar-refractivity contribution < 1.29 is 14.2 Å². The molecule has 194 valence electrons. The van der Waals surface area contributed by atoms with Crippen LogP contribution in [0.2, 0.25) is 10.0 Å². The molecule has 0 saturated carbocycles. The van der Waals surface area contributed by atoms with Crippen LogP contribution in [0.1, 0.15) is 24.8 Å². The number of methoxy groups -OCH3 is 2. The second kappa shape index (κ2) is 12.8. The molecule has 1 fully saturated rings. The minimum Gasteiger partial charge on any atom is -0.495 e. The van der Waals surface area contributed by atoms with Gasteiger partial charge in [0.1, 0.15) is 23.1 Å². The zero-order chi connectivity index (χ0) is 26.2. The van der Waals surface area contributed by atoms with E-state index in [0.717, 1.165) is 29.5 Å². The van der Waals surface area contributed by atoms with Gasteiger partial charge in [-0.3, -0.25) is 0 Å². The first-order valence-electron chi connectivity index (χ1n) is 12.0. The first-order valence-corrected chi connectivity index (χ1v) is 12.8. The van der Waals surface area contributed by atoms with Crippen LogP contribution < -0.4 is 20.5 Å². The third kappa shape index (κ3) is 6.55. The molecule has 3 N–H and O–H groups in total. The summed E-state index contributed by atoms with van der Waals surface area (Å²) in [6.07, 6.45) is 5.63. The lowest BCUT2D eigenvalue weighted by molar-refractivity contribution is 0.0968. The van der Waals surface area contributed by atoms with Crippen molar-refractivity contribution in [1.82, 2.24) is 9.97 Å². The van der Waals surface area contributed by atoms with Gasteiger partial charge in [-0.05, 0) is 37.0 Å². The van der Waals surface area contributed by atoms with Gasteiger partial charge in [0.15, 0.2) is 0 Å². The molecule has 5 rings (SSSR count). The molecule has 0 amide bonds. The molecule has 37 heavy (non-hydrogen) atoms. The summed E-state index contributed by atoms with van der Waals surface area (Å²) in [6, 6.07) is 15.3. The van der Waals surface area contributed by atoms with E-state index in [1.165, 1.54) is 33.5 Å². The predicted molar refractivity (Wildman–Crippen MR) is 151 cm³/mol. The van der Waals surface area contributed by atoms with E-state index in [0.29, 0.717) is 51.0 Å². The van der Waals surface area contributed by atoms with Crippen LogP contribution in [0, 0.1) is 0 Å². The van der Waals surface area contributed by atoms with Gasteiger partial charge in [0.2, 0.25) is 0 Å². The minimum atomic E-state index is 0.345. The molecule has 2 aromatic heterocycles. The Morgan fingerprint density at radius 3 is 2.19 bits per heavy atom. The molecule has 0 radical (unpaired) electrons.